The van der Waals surface area contributed by atoms with Gasteiger partial charge in [-0.1, -0.05) is 12.1 Å². The van der Waals surface area contributed by atoms with E-state index in [9.17, 15) is 13.2 Å². The monoisotopic (exact) mass is 274 g/mol. The molecule has 0 radical (unpaired) electrons. The van der Waals surface area contributed by atoms with Gasteiger partial charge in [0.2, 0.25) is 0 Å². The van der Waals surface area contributed by atoms with Gasteiger partial charge in [0.25, 0.3) is 0 Å². The number of hydrogen-bond donors (Lipinski definition) is 1. The number of hydrogen-bond acceptors (Lipinski definition) is 3. The van der Waals surface area contributed by atoms with Crippen LogP contribution >= 0.6 is 0 Å². The Bertz CT molecular complexity index is 405. The average molecular weight is 274 g/mol. The molecule has 0 aliphatic carbocycles. The van der Waals surface area contributed by atoms with Crippen molar-refractivity contribution in [1.29, 1.82) is 0 Å². The van der Waals surface area contributed by atoms with Gasteiger partial charge in [-0.25, -0.2) is 0 Å². The third kappa shape index (κ3) is 4.40. The molecule has 106 valence electrons. The quantitative estimate of drug-likeness (QED) is 0.916. The van der Waals surface area contributed by atoms with E-state index in [1.807, 2.05) is 0 Å². The second kappa shape index (κ2) is 5.79. The van der Waals surface area contributed by atoms with Gasteiger partial charge in [0.05, 0.1) is 0 Å². The Morgan fingerprint density at radius 2 is 2.00 bits per heavy atom. The summed E-state index contributed by atoms with van der Waals surface area (Å²) in [6.45, 7) is 5.71. The van der Waals surface area contributed by atoms with Crippen molar-refractivity contribution in [1.82, 2.24) is 10.2 Å². The highest BCUT2D eigenvalue weighted by Gasteiger charge is 2.31. The molecule has 2 rings (SSSR count). The Balaban J connectivity index is 1.94. The summed E-state index contributed by atoms with van der Waals surface area (Å²) in [7, 11) is 0. The van der Waals surface area contributed by atoms with Gasteiger partial charge >= 0.3 is 6.36 Å². The molecule has 1 atom stereocenters. The maximum atomic E-state index is 12.0. The fraction of sp³-hybridized carbons (Fsp3) is 0.538. The number of alkyl halides is 3. The van der Waals surface area contributed by atoms with Gasteiger partial charge in [0.15, 0.2) is 0 Å². The summed E-state index contributed by atoms with van der Waals surface area (Å²) >= 11 is 0. The van der Waals surface area contributed by atoms with Crippen LogP contribution < -0.4 is 10.1 Å². The number of rotatable bonds is 3. The zero-order valence-corrected chi connectivity index (χ0v) is 10.7. The van der Waals surface area contributed by atoms with E-state index in [-0.39, 0.29) is 5.75 Å². The van der Waals surface area contributed by atoms with Crippen molar-refractivity contribution in [3.63, 3.8) is 0 Å². The van der Waals surface area contributed by atoms with Crippen LogP contribution in [0.25, 0.3) is 0 Å². The first-order valence-corrected chi connectivity index (χ1v) is 6.23. The molecule has 0 saturated carbocycles. The Hall–Kier alpha value is -1.27. The maximum absolute atomic E-state index is 12.0. The lowest BCUT2D eigenvalue weighted by atomic mass is 10.1. The molecular weight excluding hydrogens is 257 g/mol. The summed E-state index contributed by atoms with van der Waals surface area (Å²) in [4.78, 5) is 2.30. The summed E-state index contributed by atoms with van der Waals surface area (Å²) in [5, 5.41) is 3.30. The number of nitrogens with one attached hydrogen (secondary N) is 1. The van der Waals surface area contributed by atoms with Crippen LogP contribution in [0.4, 0.5) is 13.2 Å². The van der Waals surface area contributed by atoms with Crippen molar-refractivity contribution in [2.75, 3.05) is 19.6 Å². The Morgan fingerprint density at radius 1 is 1.32 bits per heavy atom. The molecule has 19 heavy (non-hydrogen) atoms. The zero-order chi connectivity index (χ0) is 13.9. The molecule has 6 heteroatoms. The number of nitrogens with zero attached hydrogens (tertiary/aromatic N) is 1. The van der Waals surface area contributed by atoms with Crippen LogP contribution in [0.3, 0.4) is 0 Å². The van der Waals surface area contributed by atoms with E-state index in [0.29, 0.717) is 6.04 Å². The van der Waals surface area contributed by atoms with Gasteiger partial charge in [-0.3, -0.25) is 4.90 Å². The smallest absolute Gasteiger partial charge is 0.406 e. The van der Waals surface area contributed by atoms with Crippen molar-refractivity contribution in [2.24, 2.45) is 0 Å². The first-order valence-electron chi connectivity index (χ1n) is 6.23. The molecule has 3 nitrogen and oxygen atoms in total. The summed E-state index contributed by atoms with van der Waals surface area (Å²) in [5.74, 6) is -0.176. The Morgan fingerprint density at radius 3 is 2.58 bits per heavy atom. The fourth-order valence-corrected chi connectivity index (χ4v) is 2.15. The molecule has 1 unspecified atom stereocenters. The van der Waals surface area contributed by atoms with E-state index in [4.69, 9.17) is 0 Å². The summed E-state index contributed by atoms with van der Waals surface area (Å²) in [6.07, 6.45) is -4.63. The van der Waals surface area contributed by atoms with Gasteiger partial charge in [-0.2, -0.15) is 0 Å². The van der Waals surface area contributed by atoms with Crippen molar-refractivity contribution >= 4 is 0 Å². The normalized spacial score (nSPS) is 21.4. The van der Waals surface area contributed by atoms with Gasteiger partial charge in [0, 0.05) is 32.2 Å². The first kappa shape index (κ1) is 14.1. The second-order valence-corrected chi connectivity index (χ2v) is 4.72. The molecule has 1 aromatic carbocycles. The SMILES string of the molecule is CC1CNCCN1Cc1ccc(OC(F)(F)F)cc1. The number of halogens is 3. The van der Waals surface area contributed by atoms with Crippen molar-refractivity contribution in [3.8, 4) is 5.75 Å². The van der Waals surface area contributed by atoms with Crippen molar-refractivity contribution < 1.29 is 17.9 Å². The van der Waals surface area contributed by atoms with E-state index in [1.165, 1.54) is 12.1 Å². The molecule has 1 N–H and O–H groups in total. The lowest BCUT2D eigenvalue weighted by Crippen LogP contribution is -2.49. The Labute approximate surface area is 110 Å². The zero-order valence-electron chi connectivity index (χ0n) is 10.7. The minimum atomic E-state index is -4.63. The van der Waals surface area contributed by atoms with Crippen molar-refractivity contribution in [3.05, 3.63) is 29.8 Å². The predicted octanol–water partition coefficient (Wildman–Crippen LogP) is 2.38. The van der Waals surface area contributed by atoms with Gasteiger partial charge < -0.3 is 10.1 Å². The molecule has 1 fully saturated rings. The van der Waals surface area contributed by atoms with E-state index >= 15 is 0 Å². The fourth-order valence-electron chi connectivity index (χ4n) is 2.15. The van der Waals surface area contributed by atoms with Crippen LogP contribution in [0.5, 0.6) is 5.75 Å². The lowest BCUT2D eigenvalue weighted by Gasteiger charge is -2.33. The van der Waals surface area contributed by atoms with E-state index in [2.05, 4.69) is 21.9 Å². The van der Waals surface area contributed by atoms with Crippen LogP contribution in [-0.2, 0) is 6.54 Å². The molecule has 1 saturated heterocycles. The standard InChI is InChI=1S/C13H17F3N2O/c1-10-8-17-6-7-18(10)9-11-2-4-12(5-3-11)19-13(14,15)16/h2-5,10,17H,6-9H2,1H3. The molecule has 1 aliphatic heterocycles. The molecule has 0 amide bonds. The molecule has 0 aromatic heterocycles. The third-order valence-electron chi connectivity index (χ3n) is 3.18. The molecule has 1 aliphatic rings. The van der Waals surface area contributed by atoms with Crippen LogP contribution in [0, 0.1) is 0 Å². The Kier molecular flexibility index (Phi) is 4.31. The van der Waals surface area contributed by atoms with Crippen molar-refractivity contribution in [2.45, 2.75) is 25.9 Å². The number of ether oxygens (including phenoxy) is 1. The topological polar surface area (TPSA) is 24.5 Å². The molecular formula is C13H17F3N2O. The molecule has 0 spiro atoms. The van der Waals surface area contributed by atoms with Crippen LogP contribution in [-0.4, -0.2) is 36.9 Å². The summed E-state index contributed by atoms with van der Waals surface area (Å²) in [5.41, 5.74) is 0.989. The van der Waals surface area contributed by atoms with Gasteiger partial charge in [-0.15, -0.1) is 13.2 Å². The minimum Gasteiger partial charge on any atom is -0.406 e. The van der Waals surface area contributed by atoms with Gasteiger partial charge in [-0.05, 0) is 24.6 Å². The minimum absolute atomic E-state index is 0.176. The number of benzene rings is 1. The average Bonchev–Trinajstić information content (AvgIpc) is 2.33. The van der Waals surface area contributed by atoms with E-state index < -0.39 is 6.36 Å². The first-order chi connectivity index (χ1) is 8.94. The largest absolute Gasteiger partial charge is 0.573 e. The third-order valence-corrected chi connectivity index (χ3v) is 3.18. The van der Waals surface area contributed by atoms with Crippen LogP contribution in [0.15, 0.2) is 24.3 Å². The second-order valence-electron chi connectivity index (χ2n) is 4.72. The summed E-state index contributed by atoms with van der Waals surface area (Å²) in [6, 6.07) is 6.50. The predicted molar refractivity (Wildman–Crippen MR) is 65.9 cm³/mol. The highest BCUT2D eigenvalue weighted by atomic mass is 19.4. The van der Waals surface area contributed by atoms with E-state index in [1.54, 1.807) is 12.1 Å². The maximum Gasteiger partial charge on any atom is 0.573 e. The van der Waals surface area contributed by atoms with E-state index in [0.717, 1.165) is 31.7 Å². The van der Waals surface area contributed by atoms with Crippen LogP contribution in [0.2, 0.25) is 0 Å². The highest BCUT2D eigenvalue weighted by Crippen LogP contribution is 2.23. The number of piperazine rings is 1. The van der Waals surface area contributed by atoms with Gasteiger partial charge in [0.1, 0.15) is 5.75 Å². The molecule has 0 bridgehead atoms. The van der Waals surface area contributed by atoms with Crippen LogP contribution in [0.1, 0.15) is 12.5 Å². The molecule has 1 heterocycles. The molecule has 1 aromatic rings. The summed E-state index contributed by atoms with van der Waals surface area (Å²) < 4.78 is 39.9. The lowest BCUT2D eigenvalue weighted by molar-refractivity contribution is -0.274. The highest BCUT2D eigenvalue weighted by molar-refractivity contribution is 5.27.